The Labute approximate surface area is 112 Å². The zero-order chi connectivity index (χ0) is 13.8. The molecule has 0 saturated carbocycles. The lowest BCUT2D eigenvalue weighted by Crippen LogP contribution is -2.32. The summed E-state index contributed by atoms with van der Waals surface area (Å²) in [5.41, 5.74) is 13.0. The quantitative estimate of drug-likeness (QED) is 0.214. The number of nitrogens with zero attached hydrogens (tertiary/aromatic N) is 1. The van der Waals surface area contributed by atoms with Crippen molar-refractivity contribution in [3.8, 4) is 11.1 Å². The number of rotatable bonds is 2. The minimum Gasteiger partial charge on any atom is -0.399 e. The minimum atomic E-state index is 0.390. The molecule has 0 fully saturated rings. The molecule has 0 spiro atoms. The summed E-state index contributed by atoms with van der Waals surface area (Å²) in [5.74, 6) is 11.0. The number of hydrazone groups is 1. The van der Waals surface area contributed by atoms with E-state index < -0.39 is 0 Å². The molecule has 7 N–H and O–H groups in total. The second-order valence-corrected chi connectivity index (χ2v) is 4.34. The Morgan fingerprint density at radius 1 is 1.11 bits per heavy atom. The molecule has 0 aliphatic rings. The second-order valence-electron chi connectivity index (χ2n) is 4.34. The Bertz CT molecular complexity index is 619. The van der Waals surface area contributed by atoms with Gasteiger partial charge in [0.25, 0.3) is 0 Å². The number of nitrogen functional groups attached to an aromatic ring is 1. The van der Waals surface area contributed by atoms with Crippen LogP contribution < -0.4 is 22.8 Å². The largest absolute Gasteiger partial charge is 0.399 e. The zero-order valence-corrected chi connectivity index (χ0v) is 10.7. The van der Waals surface area contributed by atoms with E-state index in [-0.39, 0.29) is 0 Å². The zero-order valence-electron chi connectivity index (χ0n) is 10.7. The first-order chi connectivity index (χ1) is 9.13. The molecule has 0 saturated heterocycles. The first kappa shape index (κ1) is 12.9. The van der Waals surface area contributed by atoms with Gasteiger partial charge in [0.15, 0.2) is 5.84 Å². The van der Waals surface area contributed by atoms with Crippen LogP contribution >= 0.6 is 0 Å². The van der Waals surface area contributed by atoms with Crippen LogP contribution in [-0.4, -0.2) is 5.84 Å². The lowest BCUT2D eigenvalue weighted by molar-refractivity contribution is 1.00. The van der Waals surface area contributed by atoms with Crippen molar-refractivity contribution in [3.05, 3.63) is 53.6 Å². The number of aryl methyl sites for hydroxylation is 1. The van der Waals surface area contributed by atoms with Crippen molar-refractivity contribution in [2.75, 3.05) is 5.73 Å². The molecule has 0 aliphatic carbocycles. The predicted molar refractivity (Wildman–Crippen MR) is 79.1 cm³/mol. The Balaban J connectivity index is 2.53. The Morgan fingerprint density at radius 2 is 1.89 bits per heavy atom. The van der Waals surface area contributed by atoms with Crippen LogP contribution in [0.25, 0.3) is 11.1 Å². The summed E-state index contributed by atoms with van der Waals surface area (Å²) in [4.78, 5) is 0. The summed E-state index contributed by atoms with van der Waals surface area (Å²) in [6.07, 6.45) is 0. The van der Waals surface area contributed by atoms with Crippen LogP contribution in [-0.2, 0) is 0 Å². The number of nitrogens with one attached hydrogen (secondary N) is 1. The molecule has 5 heteroatoms. The fourth-order valence-electron chi connectivity index (χ4n) is 1.97. The average molecular weight is 255 g/mol. The molecule has 0 bridgehead atoms. The van der Waals surface area contributed by atoms with E-state index in [2.05, 4.69) is 16.6 Å². The summed E-state index contributed by atoms with van der Waals surface area (Å²) in [6.45, 7) is 2.05. The Morgan fingerprint density at radius 3 is 2.53 bits per heavy atom. The lowest BCUT2D eigenvalue weighted by atomic mass is 10.0. The van der Waals surface area contributed by atoms with E-state index in [0.29, 0.717) is 11.5 Å². The third-order valence-corrected chi connectivity index (χ3v) is 2.85. The number of amidine groups is 1. The molecule has 0 unspecified atom stereocenters. The number of nitrogens with two attached hydrogens (primary N) is 3. The summed E-state index contributed by atoms with van der Waals surface area (Å²) in [5, 5.41) is 3.60. The first-order valence-electron chi connectivity index (χ1n) is 5.86. The van der Waals surface area contributed by atoms with Gasteiger partial charge in [0.1, 0.15) is 0 Å². The summed E-state index contributed by atoms with van der Waals surface area (Å²) < 4.78 is 0. The van der Waals surface area contributed by atoms with E-state index in [1.807, 2.05) is 37.3 Å². The Kier molecular flexibility index (Phi) is 3.68. The van der Waals surface area contributed by atoms with E-state index in [1.165, 1.54) is 5.56 Å². The van der Waals surface area contributed by atoms with Crippen molar-refractivity contribution in [3.63, 3.8) is 0 Å². The van der Waals surface area contributed by atoms with E-state index in [0.717, 1.165) is 16.7 Å². The van der Waals surface area contributed by atoms with Gasteiger partial charge in [-0.05, 0) is 36.2 Å². The van der Waals surface area contributed by atoms with Gasteiger partial charge in [-0.3, -0.25) is 0 Å². The van der Waals surface area contributed by atoms with E-state index >= 15 is 0 Å². The van der Waals surface area contributed by atoms with Crippen molar-refractivity contribution in [2.45, 2.75) is 6.92 Å². The normalized spacial score (nSPS) is 11.4. The maximum absolute atomic E-state index is 5.92. The van der Waals surface area contributed by atoms with Crippen LogP contribution in [0.1, 0.15) is 11.1 Å². The van der Waals surface area contributed by atoms with Gasteiger partial charge in [-0.25, -0.2) is 5.84 Å². The minimum absolute atomic E-state index is 0.390. The number of hydrogen-bond donors (Lipinski definition) is 4. The van der Waals surface area contributed by atoms with Crippen LogP contribution in [0.5, 0.6) is 0 Å². The smallest absolute Gasteiger partial charge is 0.166 e. The van der Waals surface area contributed by atoms with Crippen molar-refractivity contribution >= 4 is 11.5 Å². The van der Waals surface area contributed by atoms with Gasteiger partial charge in [0.2, 0.25) is 0 Å². The molecule has 2 rings (SSSR count). The van der Waals surface area contributed by atoms with Crippen LogP contribution in [0, 0.1) is 6.92 Å². The maximum Gasteiger partial charge on any atom is 0.166 e. The molecule has 0 amide bonds. The third kappa shape index (κ3) is 2.83. The highest BCUT2D eigenvalue weighted by molar-refractivity contribution is 6.00. The number of hydrazine groups is 1. The number of hydrogen-bond acceptors (Lipinski definition) is 4. The van der Waals surface area contributed by atoms with Gasteiger partial charge in [-0.2, -0.15) is 5.10 Å². The van der Waals surface area contributed by atoms with Gasteiger partial charge >= 0.3 is 0 Å². The third-order valence-electron chi connectivity index (χ3n) is 2.85. The highest BCUT2D eigenvalue weighted by Gasteiger charge is 2.06. The molecule has 98 valence electrons. The summed E-state index contributed by atoms with van der Waals surface area (Å²) in [6, 6.07) is 13.8. The SMILES string of the molecule is Cc1cccc(-c2cc(N)cc(/C(=N/N)NN)c2)c1. The van der Waals surface area contributed by atoms with Crippen molar-refractivity contribution in [2.24, 2.45) is 16.8 Å². The highest BCUT2D eigenvalue weighted by atomic mass is 15.3. The molecule has 2 aromatic carbocycles. The van der Waals surface area contributed by atoms with Gasteiger partial charge in [0, 0.05) is 11.3 Å². The van der Waals surface area contributed by atoms with E-state index in [1.54, 1.807) is 6.07 Å². The summed E-state index contributed by atoms with van der Waals surface area (Å²) >= 11 is 0. The fourth-order valence-corrected chi connectivity index (χ4v) is 1.97. The van der Waals surface area contributed by atoms with E-state index in [4.69, 9.17) is 17.4 Å². The van der Waals surface area contributed by atoms with Crippen molar-refractivity contribution in [1.82, 2.24) is 5.43 Å². The highest BCUT2D eigenvalue weighted by Crippen LogP contribution is 2.24. The molecule has 0 aliphatic heterocycles. The van der Waals surface area contributed by atoms with Crippen LogP contribution in [0.2, 0.25) is 0 Å². The molecule has 0 aromatic heterocycles. The van der Waals surface area contributed by atoms with Crippen molar-refractivity contribution < 1.29 is 0 Å². The topological polar surface area (TPSA) is 102 Å². The van der Waals surface area contributed by atoms with Crippen LogP contribution in [0.15, 0.2) is 47.6 Å². The van der Waals surface area contributed by atoms with Gasteiger partial charge in [-0.1, -0.05) is 29.8 Å². The van der Waals surface area contributed by atoms with E-state index in [9.17, 15) is 0 Å². The molecule has 5 nitrogen and oxygen atoms in total. The molecule has 0 heterocycles. The van der Waals surface area contributed by atoms with Crippen LogP contribution in [0.4, 0.5) is 5.69 Å². The first-order valence-corrected chi connectivity index (χ1v) is 5.86. The number of anilines is 1. The maximum atomic E-state index is 5.92. The number of benzene rings is 2. The second kappa shape index (κ2) is 5.41. The van der Waals surface area contributed by atoms with Gasteiger partial charge < -0.3 is 17.0 Å². The molecular weight excluding hydrogens is 238 g/mol. The lowest BCUT2D eigenvalue weighted by Gasteiger charge is -2.09. The predicted octanol–water partition coefficient (Wildman–Crippen LogP) is 1.33. The molecule has 2 aromatic rings. The van der Waals surface area contributed by atoms with Gasteiger partial charge in [0.05, 0.1) is 0 Å². The summed E-state index contributed by atoms with van der Waals surface area (Å²) in [7, 11) is 0. The molecule has 0 radical (unpaired) electrons. The average Bonchev–Trinajstić information content (AvgIpc) is 2.39. The fraction of sp³-hybridized carbons (Fsp3) is 0.0714. The molecular formula is C14H17N5. The Hall–Kier alpha value is -2.53. The van der Waals surface area contributed by atoms with Crippen LogP contribution in [0.3, 0.4) is 0 Å². The monoisotopic (exact) mass is 255 g/mol. The van der Waals surface area contributed by atoms with Gasteiger partial charge in [-0.15, -0.1) is 0 Å². The molecule has 0 atom stereocenters. The van der Waals surface area contributed by atoms with Crippen molar-refractivity contribution in [1.29, 1.82) is 0 Å². The standard InChI is InChI=1S/C14H17N5/c1-9-3-2-4-10(5-9)11-6-12(8-13(15)7-11)14(18-16)19-17/h2-8H,15-17H2,1H3,(H,18,19). The molecule has 19 heavy (non-hydrogen) atoms.